The second kappa shape index (κ2) is 2.83. The van der Waals surface area contributed by atoms with Gasteiger partial charge < -0.3 is 5.73 Å². The summed E-state index contributed by atoms with van der Waals surface area (Å²) in [5.41, 5.74) is 5.60. The Bertz CT molecular complexity index is 193. The van der Waals surface area contributed by atoms with Gasteiger partial charge in [-0.05, 0) is 5.92 Å². The first-order chi connectivity index (χ1) is 4.70. The van der Waals surface area contributed by atoms with Gasteiger partial charge in [0.15, 0.2) is 0 Å². The van der Waals surface area contributed by atoms with Gasteiger partial charge in [0.2, 0.25) is 0 Å². The van der Waals surface area contributed by atoms with E-state index in [0.717, 1.165) is 12.3 Å². The number of fused-ring (bicyclic) bond motifs is 1. The van der Waals surface area contributed by atoms with Crippen LogP contribution < -0.4 is 5.73 Å². The van der Waals surface area contributed by atoms with Gasteiger partial charge in [-0.1, -0.05) is 6.92 Å². The third kappa shape index (κ3) is 1.34. The lowest BCUT2D eigenvalue weighted by atomic mass is 9.99. The predicted octanol–water partition coefficient (Wildman–Crippen LogP) is 1.41. The fourth-order valence-electron chi connectivity index (χ4n) is 1.80. The van der Waals surface area contributed by atoms with Crippen LogP contribution >= 0.6 is 24.0 Å². The average molecular weight is 195 g/mol. The van der Waals surface area contributed by atoms with Crippen LogP contribution in [0, 0.1) is 11.8 Å². The Morgan fingerprint density at radius 1 is 1.64 bits per heavy atom. The van der Waals surface area contributed by atoms with Crippen molar-refractivity contribution in [3.05, 3.63) is 0 Å². The molecular weight excluding hydrogens is 183 g/mol. The number of alkyl halides is 1. The molecule has 4 atom stereocenters. The third-order valence-electron chi connectivity index (χ3n) is 2.45. The summed E-state index contributed by atoms with van der Waals surface area (Å²) in [5.74, 6) is 2.05. The minimum atomic E-state index is 0. The molecule has 0 bridgehead atoms. The standard InChI is InChI=1S/C7H11ClN2.ClH/c1-3-2-4(9)10-7-5(3)6(7)8;/h3,5-7H,2H2,1H3,(H2,9,10);1H/t3?,5-,6?,7-;/m0./s1. The maximum absolute atomic E-state index is 5.96. The molecule has 0 aromatic rings. The summed E-state index contributed by atoms with van der Waals surface area (Å²) in [6.07, 6.45) is 0.935. The van der Waals surface area contributed by atoms with Crippen molar-refractivity contribution in [1.29, 1.82) is 0 Å². The Kier molecular flexibility index (Phi) is 2.35. The number of amidine groups is 1. The normalized spacial score (nSPS) is 46.9. The van der Waals surface area contributed by atoms with E-state index in [4.69, 9.17) is 17.3 Å². The van der Waals surface area contributed by atoms with Gasteiger partial charge in [-0.3, -0.25) is 4.99 Å². The van der Waals surface area contributed by atoms with Gasteiger partial charge in [0.1, 0.15) is 0 Å². The highest BCUT2D eigenvalue weighted by Gasteiger charge is 2.54. The van der Waals surface area contributed by atoms with E-state index in [2.05, 4.69) is 11.9 Å². The van der Waals surface area contributed by atoms with Crippen molar-refractivity contribution in [2.24, 2.45) is 22.6 Å². The zero-order valence-electron chi connectivity index (χ0n) is 6.33. The molecule has 1 heterocycles. The Balaban J connectivity index is 0.000000605. The molecule has 0 spiro atoms. The van der Waals surface area contributed by atoms with Crippen molar-refractivity contribution in [2.75, 3.05) is 0 Å². The minimum Gasteiger partial charge on any atom is -0.387 e. The molecule has 2 N–H and O–H groups in total. The Labute approximate surface area is 77.6 Å². The molecule has 64 valence electrons. The van der Waals surface area contributed by atoms with Crippen LogP contribution in [0.2, 0.25) is 0 Å². The average Bonchev–Trinajstić information content (AvgIpc) is 2.42. The van der Waals surface area contributed by atoms with Gasteiger partial charge in [-0.2, -0.15) is 0 Å². The highest BCUT2D eigenvalue weighted by atomic mass is 35.5. The van der Waals surface area contributed by atoms with E-state index in [1.165, 1.54) is 0 Å². The Hall–Kier alpha value is 0.0500. The van der Waals surface area contributed by atoms with Crippen LogP contribution in [-0.2, 0) is 0 Å². The maximum Gasteiger partial charge on any atom is 0.0944 e. The molecule has 2 aliphatic rings. The van der Waals surface area contributed by atoms with Crippen LogP contribution in [0.15, 0.2) is 4.99 Å². The fraction of sp³-hybridized carbons (Fsp3) is 0.857. The second-order valence-corrected chi connectivity index (χ2v) is 3.82. The van der Waals surface area contributed by atoms with Gasteiger partial charge >= 0.3 is 0 Å². The van der Waals surface area contributed by atoms with Crippen LogP contribution in [0.1, 0.15) is 13.3 Å². The van der Waals surface area contributed by atoms with E-state index < -0.39 is 0 Å². The fourth-order valence-corrected chi connectivity index (χ4v) is 2.34. The molecule has 0 amide bonds. The lowest BCUT2D eigenvalue weighted by molar-refractivity contribution is 0.499. The van der Waals surface area contributed by atoms with Gasteiger partial charge in [-0.15, -0.1) is 24.0 Å². The van der Waals surface area contributed by atoms with Crippen molar-refractivity contribution in [2.45, 2.75) is 24.8 Å². The van der Waals surface area contributed by atoms with E-state index in [1.54, 1.807) is 0 Å². The summed E-state index contributed by atoms with van der Waals surface area (Å²) < 4.78 is 0. The number of nitrogens with zero attached hydrogens (tertiary/aromatic N) is 1. The van der Waals surface area contributed by atoms with Gasteiger partial charge in [-0.25, -0.2) is 0 Å². The first kappa shape index (κ1) is 9.14. The highest BCUT2D eigenvalue weighted by Crippen LogP contribution is 2.48. The molecule has 0 aromatic heterocycles. The molecule has 4 heteroatoms. The lowest BCUT2D eigenvalue weighted by Crippen LogP contribution is -2.22. The van der Waals surface area contributed by atoms with E-state index >= 15 is 0 Å². The molecule has 2 rings (SSSR count). The molecule has 2 unspecified atom stereocenters. The van der Waals surface area contributed by atoms with Crippen LogP contribution in [0.3, 0.4) is 0 Å². The van der Waals surface area contributed by atoms with Crippen molar-refractivity contribution < 1.29 is 0 Å². The molecule has 2 nitrogen and oxygen atoms in total. The molecule has 1 saturated carbocycles. The molecule has 0 aromatic carbocycles. The first-order valence-electron chi connectivity index (χ1n) is 3.66. The van der Waals surface area contributed by atoms with Crippen molar-refractivity contribution >= 4 is 29.8 Å². The summed E-state index contributed by atoms with van der Waals surface area (Å²) in [6, 6.07) is 0.352. The van der Waals surface area contributed by atoms with E-state index in [9.17, 15) is 0 Å². The number of nitrogens with two attached hydrogens (primary N) is 1. The summed E-state index contributed by atoms with van der Waals surface area (Å²) in [6.45, 7) is 2.20. The summed E-state index contributed by atoms with van der Waals surface area (Å²) in [4.78, 5) is 4.25. The highest BCUT2D eigenvalue weighted by molar-refractivity contribution is 6.23. The van der Waals surface area contributed by atoms with E-state index in [-0.39, 0.29) is 17.8 Å². The van der Waals surface area contributed by atoms with E-state index in [0.29, 0.717) is 17.9 Å². The summed E-state index contributed by atoms with van der Waals surface area (Å²) >= 11 is 5.96. The summed E-state index contributed by atoms with van der Waals surface area (Å²) in [7, 11) is 0. The minimum absolute atomic E-state index is 0. The maximum atomic E-state index is 5.96. The molecule has 11 heavy (non-hydrogen) atoms. The first-order valence-corrected chi connectivity index (χ1v) is 4.10. The van der Waals surface area contributed by atoms with Crippen LogP contribution in [-0.4, -0.2) is 17.3 Å². The zero-order valence-corrected chi connectivity index (χ0v) is 7.90. The van der Waals surface area contributed by atoms with Crippen molar-refractivity contribution in [1.82, 2.24) is 0 Å². The second-order valence-electron chi connectivity index (χ2n) is 3.31. The van der Waals surface area contributed by atoms with E-state index in [1.807, 2.05) is 0 Å². The Morgan fingerprint density at radius 2 is 2.27 bits per heavy atom. The monoisotopic (exact) mass is 194 g/mol. The van der Waals surface area contributed by atoms with Crippen LogP contribution in [0.25, 0.3) is 0 Å². The Morgan fingerprint density at radius 3 is 2.82 bits per heavy atom. The van der Waals surface area contributed by atoms with Crippen molar-refractivity contribution in [3.8, 4) is 0 Å². The molecular formula is C7H12Cl2N2. The number of hydrogen-bond donors (Lipinski definition) is 1. The third-order valence-corrected chi connectivity index (χ3v) is 3.00. The molecule has 0 radical (unpaired) electrons. The number of aliphatic imine (C=N–C) groups is 1. The molecule has 0 saturated heterocycles. The number of halogens is 2. The van der Waals surface area contributed by atoms with Gasteiger partial charge in [0.25, 0.3) is 0 Å². The van der Waals surface area contributed by atoms with Crippen LogP contribution in [0.5, 0.6) is 0 Å². The molecule has 1 fully saturated rings. The van der Waals surface area contributed by atoms with Gasteiger partial charge in [0.05, 0.1) is 17.3 Å². The lowest BCUT2D eigenvalue weighted by Gasteiger charge is -2.13. The topological polar surface area (TPSA) is 38.4 Å². The number of rotatable bonds is 0. The molecule has 1 aliphatic carbocycles. The summed E-state index contributed by atoms with van der Waals surface area (Å²) in [5, 5.41) is 0.274. The van der Waals surface area contributed by atoms with Crippen LogP contribution in [0.4, 0.5) is 0 Å². The smallest absolute Gasteiger partial charge is 0.0944 e. The zero-order chi connectivity index (χ0) is 7.30. The SMILES string of the molecule is CC1CC(N)=N[C@@H]2C(Cl)[C@H]12.Cl. The largest absolute Gasteiger partial charge is 0.387 e. The predicted molar refractivity (Wildman–Crippen MR) is 49.6 cm³/mol. The van der Waals surface area contributed by atoms with Crippen molar-refractivity contribution in [3.63, 3.8) is 0 Å². The number of hydrogen-bond acceptors (Lipinski definition) is 2. The quantitative estimate of drug-likeness (QED) is 0.583. The molecule has 1 aliphatic heterocycles. The van der Waals surface area contributed by atoms with Gasteiger partial charge in [0, 0.05) is 12.3 Å².